The molecule has 2 N–H and O–H groups in total. The molecule has 2 aromatic rings. The predicted molar refractivity (Wildman–Crippen MR) is 86.9 cm³/mol. The van der Waals surface area contributed by atoms with E-state index in [4.69, 9.17) is 4.74 Å². The molecule has 0 bridgehead atoms. The molecule has 2 aliphatic heterocycles. The third-order valence-electron chi connectivity index (χ3n) is 4.62. The minimum atomic E-state index is 0.424. The standard InChI is InChI=1S/C17H22N4O/c1-21-11-19-9-17(21)13-6-12-2-4-18-8-15(12)16(7-13)20-14-3-5-22-10-14/h6-7,9,11,14,18,20H,2-5,8,10H2,1H3/t14-/m0/s1. The van der Waals surface area contributed by atoms with Gasteiger partial charge in [0.05, 0.1) is 30.9 Å². The molecule has 1 aromatic heterocycles. The number of hydrogen-bond acceptors (Lipinski definition) is 4. The van der Waals surface area contributed by atoms with E-state index in [2.05, 4.69) is 32.3 Å². The van der Waals surface area contributed by atoms with Gasteiger partial charge in [-0.1, -0.05) is 0 Å². The van der Waals surface area contributed by atoms with Crippen molar-refractivity contribution in [1.82, 2.24) is 14.9 Å². The monoisotopic (exact) mass is 298 g/mol. The largest absolute Gasteiger partial charge is 0.380 e. The van der Waals surface area contributed by atoms with Crippen LogP contribution in [0.25, 0.3) is 11.3 Å². The molecule has 1 fully saturated rings. The Kier molecular flexibility index (Phi) is 3.60. The van der Waals surface area contributed by atoms with Gasteiger partial charge in [-0.2, -0.15) is 0 Å². The summed E-state index contributed by atoms with van der Waals surface area (Å²) in [5.41, 5.74) is 6.49. The van der Waals surface area contributed by atoms with Gasteiger partial charge >= 0.3 is 0 Å². The highest BCUT2D eigenvalue weighted by Crippen LogP contribution is 2.31. The molecule has 5 heteroatoms. The highest BCUT2D eigenvalue weighted by Gasteiger charge is 2.20. The average molecular weight is 298 g/mol. The molecule has 2 aliphatic rings. The van der Waals surface area contributed by atoms with Crippen LogP contribution in [0.15, 0.2) is 24.7 Å². The lowest BCUT2D eigenvalue weighted by Crippen LogP contribution is -2.27. The van der Waals surface area contributed by atoms with E-state index in [-0.39, 0.29) is 0 Å². The van der Waals surface area contributed by atoms with Gasteiger partial charge in [0.15, 0.2) is 0 Å². The Bertz CT molecular complexity index is 673. The Hall–Kier alpha value is -1.85. The normalized spacial score (nSPS) is 20.9. The van der Waals surface area contributed by atoms with Crippen LogP contribution in [0, 0.1) is 0 Å². The van der Waals surface area contributed by atoms with Crippen LogP contribution < -0.4 is 10.6 Å². The highest BCUT2D eigenvalue weighted by molar-refractivity contribution is 5.70. The number of fused-ring (bicyclic) bond motifs is 1. The summed E-state index contributed by atoms with van der Waals surface area (Å²) >= 11 is 0. The maximum absolute atomic E-state index is 5.50. The topological polar surface area (TPSA) is 51.1 Å². The molecule has 116 valence electrons. The Labute approximate surface area is 130 Å². The summed E-state index contributed by atoms with van der Waals surface area (Å²) in [5, 5.41) is 7.18. The van der Waals surface area contributed by atoms with Crippen LogP contribution >= 0.6 is 0 Å². The van der Waals surface area contributed by atoms with Crippen molar-refractivity contribution in [2.45, 2.75) is 25.4 Å². The number of nitrogens with one attached hydrogen (secondary N) is 2. The minimum Gasteiger partial charge on any atom is -0.380 e. The summed E-state index contributed by atoms with van der Waals surface area (Å²) < 4.78 is 7.58. The second-order valence-electron chi connectivity index (χ2n) is 6.18. The van der Waals surface area contributed by atoms with Crippen molar-refractivity contribution >= 4 is 5.69 Å². The first kappa shape index (κ1) is 13.8. The number of imidazole rings is 1. The first-order valence-corrected chi connectivity index (χ1v) is 7.99. The van der Waals surface area contributed by atoms with Crippen molar-refractivity contribution in [3.05, 3.63) is 35.8 Å². The molecular formula is C17H22N4O. The molecule has 0 radical (unpaired) electrons. The Balaban J connectivity index is 1.75. The fourth-order valence-electron chi connectivity index (χ4n) is 3.38. The number of nitrogens with zero attached hydrogens (tertiary/aromatic N) is 2. The van der Waals surface area contributed by atoms with Gasteiger partial charge in [0, 0.05) is 31.5 Å². The third-order valence-corrected chi connectivity index (χ3v) is 4.62. The van der Waals surface area contributed by atoms with E-state index in [1.54, 1.807) is 0 Å². The second kappa shape index (κ2) is 5.74. The quantitative estimate of drug-likeness (QED) is 0.909. The number of ether oxygens (including phenoxy) is 1. The van der Waals surface area contributed by atoms with Crippen molar-refractivity contribution in [3.63, 3.8) is 0 Å². The Morgan fingerprint density at radius 2 is 2.36 bits per heavy atom. The van der Waals surface area contributed by atoms with Gasteiger partial charge in [0.2, 0.25) is 0 Å². The molecule has 0 unspecified atom stereocenters. The molecular weight excluding hydrogens is 276 g/mol. The van der Waals surface area contributed by atoms with E-state index >= 15 is 0 Å². The first-order valence-electron chi connectivity index (χ1n) is 7.99. The van der Waals surface area contributed by atoms with Gasteiger partial charge in [-0.05, 0) is 42.6 Å². The molecule has 3 heterocycles. The molecule has 1 atom stereocenters. The average Bonchev–Trinajstić information content (AvgIpc) is 3.18. The van der Waals surface area contributed by atoms with Gasteiger partial charge in [0.1, 0.15) is 0 Å². The van der Waals surface area contributed by atoms with Gasteiger partial charge in [-0.25, -0.2) is 4.98 Å². The van der Waals surface area contributed by atoms with E-state index in [9.17, 15) is 0 Å². The maximum atomic E-state index is 5.50. The number of benzene rings is 1. The smallest absolute Gasteiger partial charge is 0.0948 e. The van der Waals surface area contributed by atoms with Crippen LogP contribution in [0.3, 0.4) is 0 Å². The molecule has 0 spiro atoms. The molecule has 5 nitrogen and oxygen atoms in total. The zero-order valence-electron chi connectivity index (χ0n) is 12.9. The van der Waals surface area contributed by atoms with Gasteiger partial charge in [-0.3, -0.25) is 0 Å². The molecule has 1 saturated heterocycles. The molecule has 4 rings (SSSR count). The van der Waals surface area contributed by atoms with Crippen molar-refractivity contribution in [2.75, 3.05) is 25.1 Å². The van der Waals surface area contributed by atoms with Crippen LogP contribution in [-0.4, -0.2) is 35.4 Å². The van der Waals surface area contributed by atoms with E-state index in [1.165, 1.54) is 22.4 Å². The molecule has 22 heavy (non-hydrogen) atoms. The zero-order valence-corrected chi connectivity index (χ0v) is 12.9. The predicted octanol–water partition coefficient (Wildman–Crippen LogP) is 1.93. The Morgan fingerprint density at radius 3 is 3.14 bits per heavy atom. The SMILES string of the molecule is Cn1cncc1-c1cc2c(c(N[C@H]3CCOC3)c1)CNCC2. The van der Waals surface area contributed by atoms with E-state index in [0.29, 0.717) is 6.04 Å². The lowest BCUT2D eigenvalue weighted by molar-refractivity contribution is 0.195. The molecule has 0 saturated carbocycles. The third kappa shape index (κ3) is 2.51. The van der Waals surface area contributed by atoms with E-state index < -0.39 is 0 Å². The van der Waals surface area contributed by atoms with Gasteiger partial charge in [-0.15, -0.1) is 0 Å². The summed E-state index contributed by atoms with van der Waals surface area (Å²) in [5.74, 6) is 0. The van der Waals surface area contributed by atoms with Crippen LogP contribution in [-0.2, 0) is 24.8 Å². The van der Waals surface area contributed by atoms with Crippen molar-refractivity contribution in [2.24, 2.45) is 7.05 Å². The molecule has 0 aliphatic carbocycles. The first-order chi connectivity index (χ1) is 10.8. The van der Waals surface area contributed by atoms with E-state index in [1.807, 2.05) is 19.6 Å². The molecule has 0 amide bonds. The number of rotatable bonds is 3. The van der Waals surface area contributed by atoms with Gasteiger partial charge < -0.3 is 19.9 Å². The van der Waals surface area contributed by atoms with Crippen LogP contribution in [0.1, 0.15) is 17.5 Å². The van der Waals surface area contributed by atoms with Crippen LogP contribution in [0.4, 0.5) is 5.69 Å². The highest BCUT2D eigenvalue weighted by atomic mass is 16.5. The molecule has 1 aromatic carbocycles. The lowest BCUT2D eigenvalue weighted by Gasteiger charge is -2.24. The summed E-state index contributed by atoms with van der Waals surface area (Å²) in [6.07, 6.45) is 5.95. The minimum absolute atomic E-state index is 0.424. The van der Waals surface area contributed by atoms with Crippen LogP contribution in [0.5, 0.6) is 0 Å². The zero-order chi connectivity index (χ0) is 14.9. The number of hydrogen-bond donors (Lipinski definition) is 2. The lowest BCUT2D eigenvalue weighted by atomic mass is 9.95. The Morgan fingerprint density at radius 1 is 1.41 bits per heavy atom. The fourth-order valence-corrected chi connectivity index (χ4v) is 3.38. The second-order valence-corrected chi connectivity index (χ2v) is 6.18. The number of aromatic nitrogens is 2. The fraction of sp³-hybridized carbons (Fsp3) is 0.471. The summed E-state index contributed by atoms with van der Waals surface area (Å²) in [7, 11) is 2.04. The van der Waals surface area contributed by atoms with Crippen molar-refractivity contribution < 1.29 is 4.74 Å². The summed E-state index contributed by atoms with van der Waals surface area (Å²) in [6.45, 7) is 3.66. The summed E-state index contributed by atoms with van der Waals surface area (Å²) in [6, 6.07) is 5.01. The van der Waals surface area contributed by atoms with E-state index in [0.717, 1.165) is 44.8 Å². The number of aryl methyl sites for hydroxylation is 1. The number of anilines is 1. The van der Waals surface area contributed by atoms with Crippen molar-refractivity contribution in [1.29, 1.82) is 0 Å². The van der Waals surface area contributed by atoms with Crippen molar-refractivity contribution in [3.8, 4) is 11.3 Å². The summed E-state index contributed by atoms with van der Waals surface area (Å²) in [4.78, 5) is 4.25. The van der Waals surface area contributed by atoms with Crippen LogP contribution in [0.2, 0.25) is 0 Å². The maximum Gasteiger partial charge on any atom is 0.0948 e. The van der Waals surface area contributed by atoms with Gasteiger partial charge in [0.25, 0.3) is 0 Å².